The Balaban J connectivity index is 2.03. The number of ether oxygens (including phenoxy) is 1. The van der Waals surface area contributed by atoms with Crippen molar-refractivity contribution in [3.05, 3.63) is 53.7 Å². The zero-order valence-corrected chi connectivity index (χ0v) is 12.5. The van der Waals surface area contributed by atoms with E-state index in [0.717, 1.165) is 36.5 Å². The van der Waals surface area contributed by atoms with E-state index in [1.807, 2.05) is 55.5 Å². The smallest absolute Gasteiger partial charge is 0.238 e. The molecule has 0 amide bonds. The van der Waals surface area contributed by atoms with E-state index in [4.69, 9.17) is 4.74 Å². The van der Waals surface area contributed by atoms with Crippen molar-refractivity contribution in [3.8, 4) is 11.6 Å². The molecule has 2 aromatic rings. The Morgan fingerprint density at radius 2 is 2.00 bits per heavy atom. The van der Waals surface area contributed by atoms with Crippen molar-refractivity contribution in [3.63, 3.8) is 0 Å². The molecule has 0 spiro atoms. The van der Waals surface area contributed by atoms with Crippen LogP contribution in [0.25, 0.3) is 6.08 Å². The first-order valence-electron chi connectivity index (χ1n) is 7.26. The largest absolute Gasteiger partial charge is 0.437 e. The maximum atomic E-state index is 5.80. The molecule has 4 heteroatoms. The predicted molar refractivity (Wildman–Crippen MR) is 85.3 cm³/mol. The highest BCUT2D eigenvalue weighted by Crippen LogP contribution is 2.24. The second-order valence-corrected chi connectivity index (χ2v) is 4.68. The summed E-state index contributed by atoms with van der Waals surface area (Å²) in [4.78, 5) is 0. The third kappa shape index (κ3) is 4.68. The van der Waals surface area contributed by atoms with Crippen molar-refractivity contribution in [2.45, 2.75) is 26.8 Å². The quantitative estimate of drug-likeness (QED) is 0.785. The van der Waals surface area contributed by atoms with Gasteiger partial charge in [0.1, 0.15) is 5.75 Å². The molecule has 1 aromatic carbocycles. The van der Waals surface area contributed by atoms with E-state index < -0.39 is 0 Å². The van der Waals surface area contributed by atoms with Gasteiger partial charge in [0.25, 0.3) is 0 Å². The van der Waals surface area contributed by atoms with E-state index in [1.54, 1.807) is 0 Å². The van der Waals surface area contributed by atoms with Crippen molar-refractivity contribution in [1.29, 1.82) is 0 Å². The number of allylic oxidation sites excluding steroid dienone is 1. The average molecular weight is 283 g/mol. The van der Waals surface area contributed by atoms with Crippen molar-refractivity contribution < 1.29 is 4.74 Å². The Labute approximate surface area is 125 Å². The zero-order chi connectivity index (χ0) is 14.9. The van der Waals surface area contributed by atoms with E-state index in [9.17, 15) is 0 Å². The normalized spacial score (nSPS) is 11.0. The monoisotopic (exact) mass is 283 g/mol. The number of aromatic nitrogens is 2. The highest BCUT2D eigenvalue weighted by atomic mass is 16.5. The summed E-state index contributed by atoms with van der Waals surface area (Å²) in [6.45, 7) is 5.83. The first-order valence-corrected chi connectivity index (χ1v) is 7.26. The lowest BCUT2D eigenvalue weighted by atomic mass is 10.2. The number of nitrogens with one attached hydrogen (secondary N) is 1. The van der Waals surface area contributed by atoms with Crippen LogP contribution in [-0.2, 0) is 6.54 Å². The summed E-state index contributed by atoms with van der Waals surface area (Å²) in [5.41, 5.74) is 1.94. The van der Waals surface area contributed by atoms with Gasteiger partial charge in [0.05, 0.1) is 5.69 Å². The van der Waals surface area contributed by atoms with Crippen LogP contribution in [0, 0.1) is 0 Å². The van der Waals surface area contributed by atoms with Gasteiger partial charge in [-0.05, 0) is 32.0 Å². The summed E-state index contributed by atoms with van der Waals surface area (Å²) in [5, 5.41) is 11.6. The first-order chi connectivity index (χ1) is 10.3. The number of nitrogens with zero attached hydrogens (tertiary/aromatic N) is 2. The Hall–Kier alpha value is -2.20. The number of hydrogen-bond acceptors (Lipinski definition) is 4. The Kier molecular flexibility index (Phi) is 5.91. The molecule has 110 valence electrons. The van der Waals surface area contributed by atoms with Crippen LogP contribution >= 0.6 is 0 Å². The summed E-state index contributed by atoms with van der Waals surface area (Å²) in [7, 11) is 0. The Morgan fingerprint density at radius 1 is 1.14 bits per heavy atom. The second-order valence-electron chi connectivity index (χ2n) is 4.68. The molecule has 0 saturated carbocycles. The van der Waals surface area contributed by atoms with Gasteiger partial charge in [0.2, 0.25) is 5.88 Å². The number of benzene rings is 1. The average Bonchev–Trinajstić information content (AvgIpc) is 2.51. The number of rotatable bonds is 7. The maximum Gasteiger partial charge on any atom is 0.238 e. The minimum absolute atomic E-state index is 0.506. The van der Waals surface area contributed by atoms with Crippen molar-refractivity contribution in [1.82, 2.24) is 15.5 Å². The van der Waals surface area contributed by atoms with Gasteiger partial charge in [0.15, 0.2) is 0 Å². The van der Waals surface area contributed by atoms with Gasteiger partial charge in [-0.3, -0.25) is 0 Å². The highest BCUT2D eigenvalue weighted by molar-refractivity contribution is 5.57. The highest BCUT2D eigenvalue weighted by Gasteiger charge is 2.04. The first kappa shape index (κ1) is 15.2. The van der Waals surface area contributed by atoms with E-state index in [1.165, 1.54) is 0 Å². The molecule has 0 atom stereocenters. The minimum atomic E-state index is 0.506. The van der Waals surface area contributed by atoms with Crippen LogP contribution in [0.5, 0.6) is 11.6 Å². The van der Waals surface area contributed by atoms with Crippen LogP contribution in [0.15, 0.2) is 42.5 Å². The number of para-hydroxylation sites is 1. The van der Waals surface area contributed by atoms with Crippen molar-refractivity contribution >= 4 is 6.08 Å². The Morgan fingerprint density at radius 3 is 2.71 bits per heavy atom. The fourth-order valence-electron chi connectivity index (χ4n) is 1.89. The second kappa shape index (κ2) is 8.17. The molecule has 0 aliphatic carbocycles. The molecule has 0 bridgehead atoms. The van der Waals surface area contributed by atoms with E-state index in [0.29, 0.717) is 5.88 Å². The molecule has 0 radical (unpaired) electrons. The van der Waals surface area contributed by atoms with Gasteiger partial charge in [-0.15, -0.1) is 5.10 Å². The molecule has 21 heavy (non-hydrogen) atoms. The topological polar surface area (TPSA) is 47.0 Å². The Bertz CT molecular complexity index is 579. The van der Waals surface area contributed by atoms with Crippen LogP contribution < -0.4 is 10.1 Å². The van der Waals surface area contributed by atoms with Gasteiger partial charge in [0, 0.05) is 18.2 Å². The predicted octanol–water partition coefficient (Wildman–Crippen LogP) is 3.80. The van der Waals surface area contributed by atoms with Crippen LogP contribution in [0.4, 0.5) is 0 Å². The van der Waals surface area contributed by atoms with Crippen LogP contribution in [0.3, 0.4) is 0 Å². The molecular weight excluding hydrogens is 262 g/mol. The molecule has 1 aromatic heterocycles. The molecule has 2 rings (SSSR count). The lowest BCUT2D eigenvalue weighted by Crippen LogP contribution is -2.15. The summed E-state index contributed by atoms with van der Waals surface area (Å²) >= 11 is 0. The number of hydrogen-bond donors (Lipinski definition) is 1. The molecule has 0 saturated heterocycles. The van der Waals surface area contributed by atoms with Gasteiger partial charge < -0.3 is 10.1 Å². The van der Waals surface area contributed by atoms with E-state index in [2.05, 4.69) is 22.4 Å². The van der Waals surface area contributed by atoms with Gasteiger partial charge in [-0.1, -0.05) is 37.3 Å². The maximum absolute atomic E-state index is 5.80. The lowest BCUT2D eigenvalue weighted by molar-refractivity contribution is 0.452. The molecular formula is C17H21N3O. The summed E-state index contributed by atoms with van der Waals surface area (Å²) in [6, 6.07) is 11.6. The van der Waals surface area contributed by atoms with E-state index >= 15 is 0 Å². The fraction of sp³-hybridized carbons (Fsp3) is 0.294. The molecule has 4 nitrogen and oxygen atoms in total. The summed E-state index contributed by atoms with van der Waals surface area (Å²) in [5.74, 6) is 1.29. The standard InChI is InChI=1S/C17H21N3O/c1-3-7-14-8-5-6-9-16(14)21-17-11-10-15(19-20-17)13-18-12-4-2/h3,5-11,18H,4,12-13H2,1-2H3. The molecule has 0 aliphatic rings. The lowest BCUT2D eigenvalue weighted by Gasteiger charge is -2.08. The zero-order valence-electron chi connectivity index (χ0n) is 12.5. The van der Waals surface area contributed by atoms with Gasteiger partial charge >= 0.3 is 0 Å². The summed E-state index contributed by atoms with van der Waals surface area (Å²) in [6.07, 6.45) is 5.10. The van der Waals surface area contributed by atoms with Crippen molar-refractivity contribution in [2.24, 2.45) is 0 Å². The van der Waals surface area contributed by atoms with Crippen LogP contribution in [-0.4, -0.2) is 16.7 Å². The third-order valence-electron chi connectivity index (χ3n) is 2.91. The summed E-state index contributed by atoms with van der Waals surface area (Å²) < 4.78 is 5.80. The van der Waals surface area contributed by atoms with Crippen LogP contribution in [0.1, 0.15) is 31.5 Å². The molecule has 0 aliphatic heterocycles. The molecule has 1 N–H and O–H groups in total. The van der Waals surface area contributed by atoms with E-state index in [-0.39, 0.29) is 0 Å². The molecule has 0 fully saturated rings. The van der Waals surface area contributed by atoms with Crippen molar-refractivity contribution in [2.75, 3.05) is 6.54 Å². The molecule has 0 unspecified atom stereocenters. The molecule has 1 heterocycles. The third-order valence-corrected chi connectivity index (χ3v) is 2.91. The minimum Gasteiger partial charge on any atom is -0.437 e. The SMILES string of the molecule is CC=Cc1ccccc1Oc1ccc(CNCCC)nn1. The fourth-order valence-corrected chi connectivity index (χ4v) is 1.89. The van der Waals surface area contributed by atoms with Gasteiger partial charge in [-0.2, -0.15) is 5.10 Å². The van der Waals surface area contributed by atoms with Gasteiger partial charge in [-0.25, -0.2) is 0 Å². The van der Waals surface area contributed by atoms with Crippen LogP contribution in [0.2, 0.25) is 0 Å².